The molecule has 0 saturated heterocycles. The van der Waals surface area contributed by atoms with Gasteiger partial charge in [-0.1, -0.05) is 37.8 Å². The molecular weight excluding hydrogens is 384 g/mol. The highest BCUT2D eigenvalue weighted by Gasteiger charge is 2.37. The van der Waals surface area contributed by atoms with Gasteiger partial charge in [0.15, 0.2) is 5.82 Å². The average Bonchev–Trinajstić information content (AvgIpc) is 3.44. The Labute approximate surface area is 176 Å². The SMILES string of the molecule is C#CCN(Cc1ccc(F)cc1)c1ccc(NC(=O)CC2CC2CCC)c(N)c1F. The van der Waals surface area contributed by atoms with Crippen LogP contribution in [0.25, 0.3) is 0 Å². The van der Waals surface area contributed by atoms with Crippen LogP contribution in [0.5, 0.6) is 0 Å². The first-order chi connectivity index (χ1) is 14.4. The lowest BCUT2D eigenvalue weighted by Gasteiger charge is -2.24. The Bertz CT molecular complexity index is 937. The summed E-state index contributed by atoms with van der Waals surface area (Å²) in [5.74, 6) is 2.42. The second kappa shape index (κ2) is 9.62. The number of amides is 1. The highest BCUT2D eigenvalue weighted by molar-refractivity contribution is 5.94. The predicted molar refractivity (Wildman–Crippen MR) is 117 cm³/mol. The van der Waals surface area contributed by atoms with E-state index in [2.05, 4.69) is 18.2 Å². The fourth-order valence-electron chi connectivity index (χ4n) is 3.81. The normalized spacial score (nSPS) is 17.3. The van der Waals surface area contributed by atoms with Gasteiger partial charge in [0.05, 0.1) is 23.6 Å². The van der Waals surface area contributed by atoms with Gasteiger partial charge in [-0.2, -0.15) is 0 Å². The lowest BCUT2D eigenvalue weighted by Crippen LogP contribution is -2.24. The fraction of sp³-hybridized carbons (Fsp3) is 0.375. The fourth-order valence-corrected chi connectivity index (χ4v) is 3.81. The van der Waals surface area contributed by atoms with Crippen LogP contribution in [0.4, 0.5) is 25.8 Å². The molecule has 2 atom stereocenters. The van der Waals surface area contributed by atoms with Crippen molar-refractivity contribution < 1.29 is 13.6 Å². The highest BCUT2D eigenvalue weighted by atomic mass is 19.1. The van der Waals surface area contributed by atoms with Gasteiger partial charge < -0.3 is 16.0 Å². The van der Waals surface area contributed by atoms with Crippen LogP contribution in [0, 0.1) is 35.8 Å². The van der Waals surface area contributed by atoms with Crippen molar-refractivity contribution in [2.24, 2.45) is 11.8 Å². The van der Waals surface area contributed by atoms with Crippen LogP contribution in [-0.2, 0) is 11.3 Å². The minimum Gasteiger partial charge on any atom is -0.395 e. The molecular formula is C24H27F2N3O. The van der Waals surface area contributed by atoms with Crippen molar-refractivity contribution in [1.82, 2.24) is 0 Å². The molecule has 1 amide bonds. The number of anilines is 3. The van der Waals surface area contributed by atoms with Crippen LogP contribution >= 0.6 is 0 Å². The number of hydrogen-bond acceptors (Lipinski definition) is 3. The second-order valence-electron chi connectivity index (χ2n) is 7.84. The lowest BCUT2D eigenvalue weighted by atomic mass is 10.1. The molecule has 0 spiro atoms. The predicted octanol–water partition coefficient (Wildman–Crippen LogP) is 4.95. The van der Waals surface area contributed by atoms with Gasteiger partial charge in [0.25, 0.3) is 0 Å². The summed E-state index contributed by atoms with van der Waals surface area (Å²) in [5.41, 5.74) is 7.14. The van der Waals surface area contributed by atoms with Gasteiger partial charge in [-0.15, -0.1) is 6.42 Å². The van der Waals surface area contributed by atoms with Gasteiger partial charge in [-0.05, 0) is 48.1 Å². The lowest BCUT2D eigenvalue weighted by molar-refractivity contribution is -0.116. The minimum absolute atomic E-state index is 0.122. The molecule has 3 rings (SSSR count). The third kappa shape index (κ3) is 5.29. The van der Waals surface area contributed by atoms with Crippen LogP contribution in [-0.4, -0.2) is 12.5 Å². The zero-order valence-electron chi connectivity index (χ0n) is 17.1. The molecule has 1 aliphatic rings. The van der Waals surface area contributed by atoms with E-state index in [0.29, 0.717) is 24.8 Å². The van der Waals surface area contributed by atoms with E-state index in [9.17, 15) is 9.18 Å². The van der Waals surface area contributed by atoms with Crippen LogP contribution in [0.2, 0.25) is 0 Å². The molecule has 0 aromatic heterocycles. The van der Waals surface area contributed by atoms with E-state index in [1.165, 1.54) is 12.1 Å². The number of nitrogen functional groups attached to an aromatic ring is 1. The summed E-state index contributed by atoms with van der Waals surface area (Å²) in [6.07, 6.45) is 9.22. The van der Waals surface area contributed by atoms with Crippen LogP contribution in [0.15, 0.2) is 36.4 Å². The number of carbonyl (C=O) groups is 1. The topological polar surface area (TPSA) is 58.4 Å². The van der Waals surface area contributed by atoms with Crippen molar-refractivity contribution in [2.45, 2.75) is 39.2 Å². The average molecular weight is 411 g/mol. The molecule has 1 saturated carbocycles. The summed E-state index contributed by atoms with van der Waals surface area (Å²) in [7, 11) is 0. The number of nitrogens with one attached hydrogen (secondary N) is 1. The molecule has 0 radical (unpaired) electrons. The van der Waals surface area contributed by atoms with Crippen molar-refractivity contribution in [3.05, 3.63) is 53.6 Å². The maximum absolute atomic E-state index is 15.0. The molecule has 2 aromatic carbocycles. The Balaban J connectivity index is 1.71. The zero-order chi connectivity index (χ0) is 21.7. The van der Waals surface area contributed by atoms with Gasteiger partial charge >= 0.3 is 0 Å². The first kappa shape index (κ1) is 21.6. The largest absolute Gasteiger partial charge is 0.395 e. The molecule has 2 aromatic rings. The zero-order valence-corrected chi connectivity index (χ0v) is 17.1. The first-order valence-corrected chi connectivity index (χ1v) is 10.2. The number of benzene rings is 2. The van der Waals surface area contributed by atoms with E-state index < -0.39 is 5.82 Å². The molecule has 2 unspecified atom stereocenters. The quantitative estimate of drug-likeness (QED) is 0.453. The molecule has 3 N–H and O–H groups in total. The number of terminal acetylenes is 1. The van der Waals surface area contributed by atoms with Gasteiger partial charge in [0.2, 0.25) is 5.91 Å². The van der Waals surface area contributed by atoms with Gasteiger partial charge in [0, 0.05) is 13.0 Å². The molecule has 1 fully saturated rings. The number of hydrogen-bond donors (Lipinski definition) is 2. The highest BCUT2D eigenvalue weighted by Crippen LogP contribution is 2.44. The molecule has 0 bridgehead atoms. The standard InChI is InChI=1S/C24H27F2N3O/c1-3-5-17-13-18(17)14-22(30)28-20-10-11-21(23(26)24(20)27)29(12-4-2)15-16-6-8-19(25)9-7-16/h2,6-11,17-18H,3,5,12-15,27H2,1H3,(H,28,30). The number of carbonyl (C=O) groups excluding carboxylic acids is 1. The van der Waals surface area contributed by atoms with Crippen LogP contribution in [0.1, 0.15) is 38.2 Å². The van der Waals surface area contributed by atoms with E-state index in [4.69, 9.17) is 12.2 Å². The third-order valence-electron chi connectivity index (χ3n) is 5.52. The molecule has 0 heterocycles. The Morgan fingerprint density at radius 2 is 1.97 bits per heavy atom. The van der Waals surface area contributed by atoms with Gasteiger partial charge in [-0.3, -0.25) is 4.79 Å². The smallest absolute Gasteiger partial charge is 0.224 e. The van der Waals surface area contributed by atoms with E-state index in [0.717, 1.165) is 24.8 Å². The number of halogens is 2. The maximum Gasteiger partial charge on any atom is 0.224 e. The van der Waals surface area contributed by atoms with E-state index in [1.54, 1.807) is 29.2 Å². The van der Waals surface area contributed by atoms with Crippen molar-refractivity contribution in [2.75, 3.05) is 22.5 Å². The Hall–Kier alpha value is -3.07. The summed E-state index contributed by atoms with van der Waals surface area (Å²) in [6.45, 7) is 2.59. The van der Waals surface area contributed by atoms with E-state index in [-0.39, 0.29) is 35.3 Å². The van der Waals surface area contributed by atoms with Crippen molar-refractivity contribution >= 4 is 23.0 Å². The molecule has 4 nitrogen and oxygen atoms in total. The van der Waals surface area contributed by atoms with Crippen molar-refractivity contribution in [3.8, 4) is 12.3 Å². The number of nitrogens with zero attached hydrogens (tertiary/aromatic N) is 1. The Morgan fingerprint density at radius 3 is 2.63 bits per heavy atom. The summed E-state index contributed by atoms with van der Waals surface area (Å²) in [4.78, 5) is 14.0. The maximum atomic E-state index is 15.0. The summed E-state index contributed by atoms with van der Waals surface area (Å²) in [5, 5.41) is 2.73. The molecule has 6 heteroatoms. The first-order valence-electron chi connectivity index (χ1n) is 10.2. The minimum atomic E-state index is -0.638. The van der Waals surface area contributed by atoms with E-state index in [1.807, 2.05) is 0 Å². The van der Waals surface area contributed by atoms with Crippen molar-refractivity contribution in [1.29, 1.82) is 0 Å². The van der Waals surface area contributed by atoms with Crippen molar-refractivity contribution in [3.63, 3.8) is 0 Å². The van der Waals surface area contributed by atoms with Gasteiger partial charge in [-0.25, -0.2) is 8.78 Å². The summed E-state index contributed by atoms with van der Waals surface area (Å²) >= 11 is 0. The van der Waals surface area contributed by atoms with Gasteiger partial charge in [0.1, 0.15) is 5.82 Å². The second-order valence-corrected chi connectivity index (χ2v) is 7.84. The van der Waals surface area contributed by atoms with E-state index >= 15 is 4.39 Å². The summed E-state index contributed by atoms with van der Waals surface area (Å²) < 4.78 is 28.2. The molecule has 0 aliphatic heterocycles. The Kier molecular flexibility index (Phi) is 6.94. The monoisotopic (exact) mass is 411 g/mol. The molecule has 158 valence electrons. The molecule has 1 aliphatic carbocycles. The third-order valence-corrected chi connectivity index (χ3v) is 5.52. The number of nitrogens with two attached hydrogens (primary N) is 1. The van der Waals surface area contributed by atoms with Crippen LogP contribution < -0.4 is 16.0 Å². The Morgan fingerprint density at radius 1 is 1.23 bits per heavy atom. The number of rotatable bonds is 9. The van der Waals surface area contributed by atoms with Crippen LogP contribution in [0.3, 0.4) is 0 Å². The molecule has 30 heavy (non-hydrogen) atoms. The summed E-state index contributed by atoms with van der Waals surface area (Å²) in [6, 6.07) is 9.08.